The van der Waals surface area contributed by atoms with E-state index in [1.807, 2.05) is 60.2 Å². The SMILES string of the molecule is CCn1cc2cc(-c3nsc(NC(=O)[C@@H]4C[C@H]4C)c3-c3cccc(N(C)C)n3)ccc2n1. The highest BCUT2D eigenvalue weighted by molar-refractivity contribution is 7.11. The molecule has 1 aliphatic carbocycles. The number of hydrogen-bond donors (Lipinski definition) is 1. The lowest BCUT2D eigenvalue weighted by atomic mass is 10.0. The number of carbonyl (C=O) groups excluding carboxylic acids is 1. The van der Waals surface area contributed by atoms with Gasteiger partial charge in [-0.2, -0.15) is 9.47 Å². The lowest BCUT2D eigenvalue weighted by Gasteiger charge is -2.13. The minimum atomic E-state index is 0.0670. The molecule has 0 bridgehead atoms. The minimum absolute atomic E-state index is 0.0670. The van der Waals surface area contributed by atoms with E-state index in [9.17, 15) is 4.79 Å². The first kappa shape index (κ1) is 20.6. The van der Waals surface area contributed by atoms with Crippen LogP contribution in [0.5, 0.6) is 0 Å². The van der Waals surface area contributed by atoms with E-state index in [-0.39, 0.29) is 11.8 Å². The lowest BCUT2D eigenvalue weighted by molar-refractivity contribution is -0.117. The summed E-state index contributed by atoms with van der Waals surface area (Å²) in [6.07, 6.45) is 2.99. The fourth-order valence-electron chi connectivity index (χ4n) is 3.90. The van der Waals surface area contributed by atoms with Crippen molar-refractivity contribution in [2.45, 2.75) is 26.8 Å². The molecule has 0 unspecified atom stereocenters. The highest BCUT2D eigenvalue weighted by Crippen LogP contribution is 2.43. The first-order valence-corrected chi connectivity index (χ1v) is 11.6. The molecule has 1 fully saturated rings. The van der Waals surface area contributed by atoms with Gasteiger partial charge in [0.25, 0.3) is 0 Å². The molecule has 1 saturated carbocycles. The Labute approximate surface area is 191 Å². The van der Waals surface area contributed by atoms with Crippen LogP contribution < -0.4 is 10.2 Å². The van der Waals surface area contributed by atoms with Crippen molar-refractivity contribution in [2.75, 3.05) is 24.3 Å². The molecule has 0 radical (unpaired) electrons. The first-order valence-electron chi connectivity index (χ1n) is 10.9. The van der Waals surface area contributed by atoms with Crippen LogP contribution in [-0.2, 0) is 11.3 Å². The Kier molecular flexibility index (Phi) is 5.17. The second-order valence-corrected chi connectivity index (χ2v) is 9.35. The molecule has 7 nitrogen and oxygen atoms in total. The maximum absolute atomic E-state index is 12.7. The number of benzene rings is 1. The maximum atomic E-state index is 12.7. The van der Waals surface area contributed by atoms with Gasteiger partial charge in [0.2, 0.25) is 5.91 Å². The standard InChI is InChI=1S/C24H26N6OS/c1-5-30-13-16-12-15(9-10-18(16)27-30)22-21(19-7-6-8-20(25-19)29(3)4)24(32-28-22)26-23(31)17-11-14(17)2/h6-10,12-14,17H,5,11H2,1-4H3,(H,26,31)/t14-,17-/m1/s1. The van der Waals surface area contributed by atoms with Crippen molar-refractivity contribution < 1.29 is 4.79 Å². The largest absolute Gasteiger partial charge is 0.363 e. The summed E-state index contributed by atoms with van der Waals surface area (Å²) in [7, 11) is 3.94. The van der Waals surface area contributed by atoms with Crippen LogP contribution in [0, 0.1) is 11.8 Å². The van der Waals surface area contributed by atoms with Crippen molar-refractivity contribution in [3.8, 4) is 22.5 Å². The summed E-state index contributed by atoms with van der Waals surface area (Å²) >= 11 is 1.31. The highest BCUT2D eigenvalue weighted by Gasteiger charge is 2.39. The Bertz CT molecular complexity index is 1310. The fraction of sp³-hybridized carbons (Fsp3) is 0.333. The monoisotopic (exact) mass is 446 g/mol. The zero-order valence-corrected chi connectivity index (χ0v) is 19.5. The summed E-state index contributed by atoms with van der Waals surface area (Å²) in [5, 5.41) is 9.53. The Morgan fingerprint density at radius 1 is 1.28 bits per heavy atom. The third kappa shape index (κ3) is 3.75. The quantitative estimate of drug-likeness (QED) is 0.456. The van der Waals surface area contributed by atoms with Crippen LogP contribution in [0.1, 0.15) is 20.3 Å². The van der Waals surface area contributed by atoms with Crippen LogP contribution in [0.25, 0.3) is 33.4 Å². The number of nitrogens with zero attached hydrogens (tertiary/aromatic N) is 5. The summed E-state index contributed by atoms with van der Waals surface area (Å²) in [6.45, 7) is 5.00. The Balaban J connectivity index is 1.62. The van der Waals surface area contributed by atoms with Crippen LogP contribution >= 0.6 is 11.5 Å². The summed E-state index contributed by atoms with van der Waals surface area (Å²) in [4.78, 5) is 19.5. The molecule has 1 N–H and O–H groups in total. The molecular formula is C24H26N6OS. The van der Waals surface area contributed by atoms with Crippen molar-refractivity contribution in [1.29, 1.82) is 0 Å². The summed E-state index contributed by atoms with van der Waals surface area (Å²) in [5.41, 5.74) is 4.42. The molecule has 1 aromatic carbocycles. The molecule has 1 amide bonds. The summed E-state index contributed by atoms with van der Waals surface area (Å²) < 4.78 is 6.70. The molecule has 1 aliphatic rings. The molecule has 3 heterocycles. The normalized spacial score (nSPS) is 17.5. The second-order valence-electron chi connectivity index (χ2n) is 8.58. The third-order valence-corrected chi connectivity index (χ3v) is 6.74. The zero-order chi connectivity index (χ0) is 22.4. The van der Waals surface area contributed by atoms with Gasteiger partial charge in [0.1, 0.15) is 10.8 Å². The molecule has 4 aromatic rings. The van der Waals surface area contributed by atoms with Crippen LogP contribution in [-0.4, -0.2) is 39.1 Å². The van der Waals surface area contributed by atoms with Gasteiger partial charge in [-0.1, -0.05) is 19.1 Å². The van der Waals surface area contributed by atoms with Crippen molar-refractivity contribution >= 4 is 39.2 Å². The van der Waals surface area contributed by atoms with Gasteiger partial charge in [-0.15, -0.1) is 0 Å². The van der Waals surface area contributed by atoms with Crippen LogP contribution in [0.4, 0.5) is 10.8 Å². The van der Waals surface area contributed by atoms with Gasteiger partial charge >= 0.3 is 0 Å². The van der Waals surface area contributed by atoms with Gasteiger partial charge in [0.05, 0.1) is 22.5 Å². The molecule has 0 aliphatic heterocycles. The molecule has 164 valence electrons. The Morgan fingerprint density at radius 2 is 2.09 bits per heavy atom. The number of hydrogen-bond acceptors (Lipinski definition) is 6. The summed E-state index contributed by atoms with van der Waals surface area (Å²) in [5.74, 6) is 1.45. The zero-order valence-electron chi connectivity index (χ0n) is 18.7. The smallest absolute Gasteiger partial charge is 0.228 e. The Morgan fingerprint density at radius 3 is 2.81 bits per heavy atom. The molecule has 0 saturated heterocycles. The van der Waals surface area contributed by atoms with E-state index in [1.165, 1.54) is 11.5 Å². The van der Waals surface area contributed by atoms with E-state index >= 15 is 0 Å². The maximum Gasteiger partial charge on any atom is 0.228 e. The average molecular weight is 447 g/mol. The van der Waals surface area contributed by atoms with E-state index in [4.69, 9.17) is 9.36 Å². The minimum Gasteiger partial charge on any atom is -0.363 e. The van der Waals surface area contributed by atoms with E-state index in [0.29, 0.717) is 5.92 Å². The number of anilines is 2. The third-order valence-electron chi connectivity index (χ3n) is 5.97. The molecule has 3 aromatic heterocycles. The number of carbonyl (C=O) groups is 1. The second kappa shape index (κ2) is 8.02. The van der Waals surface area contributed by atoms with Crippen LogP contribution in [0.15, 0.2) is 42.6 Å². The number of amides is 1. The van der Waals surface area contributed by atoms with Gasteiger partial charge in [0.15, 0.2) is 0 Å². The van der Waals surface area contributed by atoms with Crippen molar-refractivity contribution in [3.63, 3.8) is 0 Å². The topological polar surface area (TPSA) is 75.9 Å². The van der Waals surface area contributed by atoms with Crippen molar-refractivity contribution in [3.05, 3.63) is 42.6 Å². The van der Waals surface area contributed by atoms with Gasteiger partial charge in [-0.05, 0) is 55.1 Å². The van der Waals surface area contributed by atoms with E-state index in [1.54, 1.807) is 0 Å². The summed E-state index contributed by atoms with van der Waals surface area (Å²) in [6, 6.07) is 12.1. The number of rotatable bonds is 6. The van der Waals surface area contributed by atoms with Crippen molar-refractivity contribution in [2.24, 2.45) is 11.8 Å². The fourth-order valence-corrected chi connectivity index (χ4v) is 4.72. The average Bonchev–Trinajstić information content (AvgIpc) is 3.20. The first-order chi connectivity index (χ1) is 15.4. The molecular weight excluding hydrogens is 420 g/mol. The number of aromatic nitrogens is 4. The predicted octanol–water partition coefficient (Wildman–Crippen LogP) is 4.90. The van der Waals surface area contributed by atoms with Crippen LogP contribution in [0.2, 0.25) is 0 Å². The Hall–Kier alpha value is -3.26. The van der Waals surface area contributed by atoms with E-state index < -0.39 is 0 Å². The highest BCUT2D eigenvalue weighted by atomic mass is 32.1. The predicted molar refractivity (Wildman–Crippen MR) is 130 cm³/mol. The number of nitrogens with one attached hydrogen (secondary N) is 1. The van der Waals surface area contributed by atoms with Crippen LogP contribution in [0.3, 0.4) is 0 Å². The van der Waals surface area contributed by atoms with Gasteiger partial charge in [-0.3, -0.25) is 9.48 Å². The van der Waals surface area contributed by atoms with Crippen molar-refractivity contribution in [1.82, 2.24) is 19.1 Å². The number of pyridine rings is 1. The molecule has 0 spiro atoms. The van der Waals surface area contributed by atoms with Gasteiger partial charge < -0.3 is 10.2 Å². The molecule has 8 heteroatoms. The molecule has 2 atom stereocenters. The van der Waals surface area contributed by atoms with E-state index in [0.717, 1.165) is 57.2 Å². The molecule has 32 heavy (non-hydrogen) atoms. The van der Waals surface area contributed by atoms with Gasteiger partial charge in [-0.25, -0.2) is 4.98 Å². The number of aryl methyl sites for hydroxylation is 1. The number of fused-ring (bicyclic) bond motifs is 1. The lowest BCUT2D eigenvalue weighted by Crippen LogP contribution is -2.14. The molecule has 5 rings (SSSR count). The van der Waals surface area contributed by atoms with Gasteiger partial charge in [0, 0.05) is 43.7 Å². The van der Waals surface area contributed by atoms with E-state index in [2.05, 4.69) is 30.3 Å².